The van der Waals surface area contributed by atoms with Crippen molar-refractivity contribution in [3.8, 4) is 0 Å². The molecule has 0 radical (unpaired) electrons. The summed E-state index contributed by atoms with van der Waals surface area (Å²) in [5, 5.41) is 0. The van der Waals surface area contributed by atoms with Crippen LogP contribution in [0.3, 0.4) is 0 Å². The lowest BCUT2D eigenvalue weighted by Crippen LogP contribution is -2.08. The highest BCUT2D eigenvalue weighted by atomic mass is 16.5. The van der Waals surface area contributed by atoms with E-state index < -0.39 is 5.97 Å². The first kappa shape index (κ1) is 11.3. The van der Waals surface area contributed by atoms with Crippen LogP contribution in [0.5, 0.6) is 0 Å². The molecular formula is C13H10O4. The maximum atomic E-state index is 12.0. The number of benzene rings is 1. The van der Waals surface area contributed by atoms with Crippen LogP contribution in [-0.4, -0.2) is 17.5 Å². The molecule has 4 nitrogen and oxygen atoms in total. The molecule has 0 heterocycles. The lowest BCUT2D eigenvalue weighted by atomic mass is 10.1. The second-order valence-corrected chi connectivity index (χ2v) is 3.73. The van der Waals surface area contributed by atoms with Crippen LogP contribution in [-0.2, 0) is 9.53 Å². The first-order chi connectivity index (χ1) is 8.02. The fourth-order valence-corrected chi connectivity index (χ4v) is 1.84. The second kappa shape index (κ2) is 3.97. The molecule has 0 saturated carbocycles. The number of Topliss-reactive ketones (excluding diaryl/α,β-unsaturated/α-hetero) is 2. The summed E-state index contributed by atoms with van der Waals surface area (Å²) in [6, 6.07) is 6.55. The summed E-state index contributed by atoms with van der Waals surface area (Å²) < 4.78 is 4.81. The number of rotatable bonds is 1. The number of carbonyl (C=O) groups excluding carboxylic acids is 3. The van der Waals surface area contributed by atoms with Gasteiger partial charge in [-0.2, -0.15) is 0 Å². The number of allylic oxidation sites excluding steroid dienone is 2. The van der Waals surface area contributed by atoms with Crippen molar-refractivity contribution < 1.29 is 19.1 Å². The quantitative estimate of drug-likeness (QED) is 0.320. The Morgan fingerprint density at radius 3 is 1.88 bits per heavy atom. The molecule has 0 amide bonds. The summed E-state index contributed by atoms with van der Waals surface area (Å²) in [6.45, 7) is 2.67. The first-order valence-corrected chi connectivity index (χ1v) is 5.10. The van der Waals surface area contributed by atoms with Gasteiger partial charge in [-0.25, -0.2) is 0 Å². The fraction of sp³-hybridized carbons (Fsp3) is 0.154. The van der Waals surface area contributed by atoms with Gasteiger partial charge in [0.25, 0.3) is 0 Å². The number of esters is 1. The maximum absolute atomic E-state index is 12.0. The van der Waals surface area contributed by atoms with E-state index in [0.717, 1.165) is 0 Å². The van der Waals surface area contributed by atoms with E-state index in [-0.39, 0.29) is 22.9 Å². The Labute approximate surface area is 97.9 Å². The van der Waals surface area contributed by atoms with E-state index in [1.165, 1.54) is 13.8 Å². The van der Waals surface area contributed by atoms with Crippen LogP contribution in [0.4, 0.5) is 0 Å². The van der Waals surface area contributed by atoms with Gasteiger partial charge in [-0.3, -0.25) is 14.4 Å². The van der Waals surface area contributed by atoms with Gasteiger partial charge in [0.05, 0.1) is 0 Å². The Balaban J connectivity index is 2.53. The van der Waals surface area contributed by atoms with Gasteiger partial charge in [0.1, 0.15) is 11.3 Å². The molecule has 0 atom stereocenters. The summed E-state index contributed by atoms with van der Waals surface area (Å²) in [5.74, 6) is -1.26. The van der Waals surface area contributed by atoms with Gasteiger partial charge in [0.2, 0.25) is 11.6 Å². The van der Waals surface area contributed by atoms with Crippen molar-refractivity contribution in [1.82, 2.24) is 0 Å². The topological polar surface area (TPSA) is 60.4 Å². The third-order valence-corrected chi connectivity index (χ3v) is 2.52. The van der Waals surface area contributed by atoms with E-state index >= 15 is 0 Å². The van der Waals surface area contributed by atoms with E-state index in [0.29, 0.717) is 11.1 Å². The van der Waals surface area contributed by atoms with E-state index in [4.69, 9.17) is 4.74 Å². The van der Waals surface area contributed by atoms with Crippen LogP contribution in [0, 0.1) is 0 Å². The third kappa shape index (κ3) is 1.78. The minimum absolute atomic E-state index is 0.0543. The molecule has 0 aliphatic heterocycles. The SMILES string of the molecule is CC(=O)OC(C)=C1C(=O)c2ccccc2C1=O. The Kier molecular flexibility index (Phi) is 2.63. The van der Waals surface area contributed by atoms with Gasteiger partial charge in [-0.1, -0.05) is 24.3 Å². The number of ether oxygens (including phenoxy) is 1. The standard InChI is InChI=1S/C13H10O4/c1-7(17-8(2)14)11-12(15)9-5-3-4-6-10(9)13(11)16/h3-6H,1-2H3. The smallest absolute Gasteiger partial charge is 0.307 e. The molecule has 0 fully saturated rings. The fourth-order valence-electron chi connectivity index (χ4n) is 1.84. The monoisotopic (exact) mass is 230 g/mol. The Bertz CT molecular complexity index is 530. The molecule has 17 heavy (non-hydrogen) atoms. The molecule has 1 aromatic rings. The number of fused-ring (bicyclic) bond motifs is 1. The van der Waals surface area contributed by atoms with Crippen molar-refractivity contribution in [2.75, 3.05) is 0 Å². The summed E-state index contributed by atoms with van der Waals surface area (Å²) in [7, 11) is 0. The van der Waals surface area contributed by atoms with Crippen LogP contribution < -0.4 is 0 Å². The second-order valence-electron chi connectivity index (χ2n) is 3.73. The molecule has 0 aromatic heterocycles. The molecule has 0 N–H and O–H groups in total. The minimum atomic E-state index is -0.549. The lowest BCUT2D eigenvalue weighted by molar-refractivity contribution is -0.136. The predicted molar refractivity (Wildman–Crippen MR) is 59.6 cm³/mol. The van der Waals surface area contributed by atoms with Crippen LogP contribution >= 0.6 is 0 Å². The summed E-state index contributed by atoms with van der Waals surface area (Å²) in [4.78, 5) is 34.7. The van der Waals surface area contributed by atoms with Crippen LogP contribution in [0.1, 0.15) is 34.6 Å². The zero-order valence-corrected chi connectivity index (χ0v) is 9.44. The van der Waals surface area contributed by atoms with Gasteiger partial charge >= 0.3 is 5.97 Å². The van der Waals surface area contributed by atoms with Gasteiger partial charge in [-0.15, -0.1) is 0 Å². The van der Waals surface area contributed by atoms with E-state index in [2.05, 4.69) is 0 Å². The molecule has 4 heteroatoms. The zero-order valence-electron chi connectivity index (χ0n) is 9.44. The predicted octanol–water partition coefficient (Wildman–Crippen LogP) is 1.90. The van der Waals surface area contributed by atoms with Gasteiger partial charge < -0.3 is 4.74 Å². The molecule has 0 bridgehead atoms. The Morgan fingerprint density at radius 1 is 1.00 bits per heavy atom. The number of hydrogen-bond donors (Lipinski definition) is 0. The minimum Gasteiger partial charge on any atom is -0.431 e. The third-order valence-electron chi connectivity index (χ3n) is 2.52. The molecule has 0 saturated heterocycles. The van der Waals surface area contributed by atoms with Crippen LogP contribution in [0.2, 0.25) is 0 Å². The van der Waals surface area contributed by atoms with Crippen molar-refractivity contribution in [1.29, 1.82) is 0 Å². The Hall–Kier alpha value is -2.23. The first-order valence-electron chi connectivity index (χ1n) is 5.10. The molecular weight excluding hydrogens is 220 g/mol. The molecule has 0 unspecified atom stereocenters. The molecule has 1 aliphatic carbocycles. The van der Waals surface area contributed by atoms with Crippen molar-refractivity contribution in [2.24, 2.45) is 0 Å². The number of ketones is 2. The van der Waals surface area contributed by atoms with Crippen molar-refractivity contribution >= 4 is 17.5 Å². The van der Waals surface area contributed by atoms with Crippen molar-refractivity contribution in [3.63, 3.8) is 0 Å². The van der Waals surface area contributed by atoms with Crippen LogP contribution in [0.25, 0.3) is 0 Å². The molecule has 0 spiro atoms. The van der Waals surface area contributed by atoms with E-state index in [9.17, 15) is 14.4 Å². The summed E-state index contributed by atoms with van der Waals surface area (Å²) >= 11 is 0. The Morgan fingerprint density at radius 2 is 1.47 bits per heavy atom. The summed E-state index contributed by atoms with van der Waals surface area (Å²) in [5.41, 5.74) is 0.666. The largest absolute Gasteiger partial charge is 0.431 e. The normalized spacial score (nSPS) is 13.6. The average Bonchev–Trinajstić information content (AvgIpc) is 2.51. The number of carbonyl (C=O) groups is 3. The highest BCUT2D eigenvalue weighted by Crippen LogP contribution is 2.28. The highest BCUT2D eigenvalue weighted by Gasteiger charge is 2.35. The van der Waals surface area contributed by atoms with Gasteiger partial charge in [0, 0.05) is 18.1 Å². The lowest BCUT2D eigenvalue weighted by Gasteiger charge is -2.02. The molecule has 1 aliphatic rings. The van der Waals surface area contributed by atoms with Crippen molar-refractivity contribution in [3.05, 3.63) is 46.7 Å². The van der Waals surface area contributed by atoms with E-state index in [1.807, 2.05) is 0 Å². The molecule has 1 aromatic carbocycles. The van der Waals surface area contributed by atoms with Crippen molar-refractivity contribution in [2.45, 2.75) is 13.8 Å². The average molecular weight is 230 g/mol. The van der Waals surface area contributed by atoms with Gasteiger partial charge in [0.15, 0.2) is 0 Å². The number of hydrogen-bond acceptors (Lipinski definition) is 4. The zero-order chi connectivity index (χ0) is 12.6. The van der Waals surface area contributed by atoms with Crippen LogP contribution in [0.15, 0.2) is 35.6 Å². The molecule has 2 rings (SSSR count). The van der Waals surface area contributed by atoms with E-state index in [1.54, 1.807) is 24.3 Å². The summed E-state index contributed by atoms with van der Waals surface area (Å²) in [6.07, 6.45) is 0. The molecule has 86 valence electrons. The highest BCUT2D eigenvalue weighted by molar-refractivity contribution is 6.39. The van der Waals surface area contributed by atoms with Gasteiger partial charge in [-0.05, 0) is 6.92 Å². The maximum Gasteiger partial charge on any atom is 0.307 e.